The molecule has 0 unspecified atom stereocenters. The van der Waals surface area contributed by atoms with Gasteiger partial charge < -0.3 is 20.3 Å². The predicted octanol–water partition coefficient (Wildman–Crippen LogP) is 4.03. The van der Waals surface area contributed by atoms with Crippen molar-refractivity contribution in [2.45, 2.75) is 13.1 Å². The molecule has 3 heterocycles. The summed E-state index contributed by atoms with van der Waals surface area (Å²) in [5.41, 5.74) is 2.57. The molecule has 0 aliphatic rings. The van der Waals surface area contributed by atoms with Crippen LogP contribution in [0.1, 0.15) is 5.69 Å². The van der Waals surface area contributed by atoms with Crippen molar-refractivity contribution in [3.63, 3.8) is 0 Å². The van der Waals surface area contributed by atoms with Crippen LogP contribution in [0, 0.1) is 0 Å². The van der Waals surface area contributed by atoms with Crippen LogP contribution in [0.25, 0.3) is 10.9 Å². The molecule has 29 heavy (non-hydrogen) atoms. The lowest BCUT2D eigenvalue weighted by molar-refractivity contribution is -0.137. The van der Waals surface area contributed by atoms with Crippen molar-refractivity contribution in [3.8, 4) is 0 Å². The van der Waals surface area contributed by atoms with Crippen molar-refractivity contribution in [1.82, 2.24) is 19.5 Å². The minimum atomic E-state index is -0.876. The molecule has 146 valence electrons. The van der Waals surface area contributed by atoms with Crippen LogP contribution >= 0.6 is 15.9 Å². The molecule has 8 nitrogen and oxygen atoms in total. The molecule has 0 saturated heterocycles. The summed E-state index contributed by atoms with van der Waals surface area (Å²) in [5.74, 6) is 0.224. The first-order valence-electron chi connectivity index (χ1n) is 8.82. The van der Waals surface area contributed by atoms with Crippen LogP contribution in [-0.2, 0) is 17.9 Å². The smallest absolute Gasteiger partial charge is 0.323 e. The first-order valence-corrected chi connectivity index (χ1v) is 9.62. The van der Waals surface area contributed by atoms with E-state index in [1.54, 1.807) is 23.2 Å². The number of carboxylic acid groups (broad SMARTS) is 1. The van der Waals surface area contributed by atoms with E-state index in [2.05, 4.69) is 41.5 Å². The van der Waals surface area contributed by atoms with Gasteiger partial charge in [0.15, 0.2) is 0 Å². The van der Waals surface area contributed by atoms with Gasteiger partial charge in [0.1, 0.15) is 12.4 Å². The second kappa shape index (κ2) is 8.27. The predicted molar refractivity (Wildman–Crippen MR) is 114 cm³/mol. The second-order valence-corrected chi connectivity index (χ2v) is 7.16. The van der Waals surface area contributed by atoms with Crippen LogP contribution in [-0.4, -0.2) is 30.6 Å². The van der Waals surface area contributed by atoms with E-state index in [1.165, 1.54) is 0 Å². The quantitative estimate of drug-likeness (QED) is 0.388. The highest BCUT2D eigenvalue weighted by molar-refractivity contribution is 9.10. The van der Waals surface area contributed by atoms with E-state index in [1.807, 2.05) is 42.5 Å². The lowest BCUT2D eigenvalue weighted by atomic mass is 10.2. The number of aromatic nitrogens is 4. The molecule has 0 atom stereocenters. The molecule has 4 rings (SSSR count). The van der Waals surface area contributed by atoms with Gasteiger partial charge in [-0.25, -0.2) is 4.98 Å². The maximum atomic E-state index is 11.0. The molecule has 0 aliphatic carbocycles. The average molecular weight is 453 g/mol. The monoisotopic (exact) mass is 452 g/mol. The molecule has 3 aromatic heterocycles. The highest BCUT2D eigenvalue weighted by Crippen LogP contribution is 2.25. The molecule has 0 spiro atoms. The average Bonchev–Trinajstić information content (AvgIpc) is 3.10. The lowest BCUT2D eigenvalue weighted by Crippen LogP contribution is -2.07. The molecule has 9 heteroatoms. The summed E-state index contributed by atoms with van der Waals surface area (Å²) in [5, 5.41) is 16.4. The lowest BCUT2D eigenvalue weighted by Gasteiger charge is -2.10. The van der Waals surface area contributed by atoms with Gasteiger partial charge in [-0.1, -0.05) is 6.07 Å². The molecule has 1 aromatic carbocycles. The van der Waals surface area contributed by atoms with Gasteiger partial charge in [0.2, 0.25) is 5.95 Å². The third-order valence-electron chi connectivity index (χ3n) is 4.24. The van der Waals surface area contributed by atoms with Gasteiger partial charge in [0.25, 0.3) is 0 Å². The zero-order valence-corrected chi connectivity index (χ0v) is 16.8. The van der Waals surface area contributed by atoms with Crippen molar-refractivity contribution in [2.75, 3.05) is 10.6 Å². The number of hydrogen-bond donors (Lipinski definition) is 3. The van der Waals surface area contributed by atoms with E-state index in [0.29, 0.717) is 18.3 Å². The number of anilines is 3. The first-order chi connectivity index (χ1) is 14.1. The maximum absolute atomic E-state index is 11.0. The van der Waals surface area contributed by atoms with E-state index in [-0.39, 0.29) is 6.54 Å². The Hall–Kier alpha value is -3.46. The molecule has 0 amide bonds. The molecule has 4 aromatic rings. The van der Waals surface area contributed by atoms with E-state index in [0.717, 1.165) is 26.8 Å². The van der Waals surface area contributed by atoms with Crippen LogP contribution in [0.4, 0.5) is 17.5 Å². The third-order valence-corrected chi connectivity index (χ3v) is 4.82. The molecule has 3 N–H and O–H groups in total. The van der Waals surface area contributed by atoms with Crippen LogP contribution < -0.4 is 10.6 Å². The summed E-state index contributed by atoms with van der Waals surface area (Å²) in [6.45, 7) is 0.469. The topological polar surface area (TPSA) is 105 Å². The highest BCUT2D eigenvalue weighted by atomic mass is 79.9. The minimum Gasteiger partial charge on any atom is -0.480 e. The second-order valence-electron chi connectivity index (χ2n) is 6.30. The van der Waals surface area contributed by atoms with Gasteiger partial charge in [-0.3, -0.25) is 9.78 Å². The number of hydrogen-bond acceptors (Lipinski definition) is 6. The highest BCUT2D eigenvalue weighted by Gasteiger charge is 2.08. The Morgan fingerprint density at radius 2 is 2.07 bits per heavy atom. The number of halogens is 1. The summed E-state index contributed by atoms with van der Waals surface area (Å²) in [6, 6.07) is 13.3. The largest absolute Gasteiger partial charge is 0.480 e. The molecule has 0 saturated carbocycles. The minimum absolute atomic E-state index is 0.0720. The Balaban J connectivity index is 1.51. The molecule has 0 fully saturated rings. The van der Waals surface area contributed by atoms with Crippen molar-refractivity contribution in [3.05, 3.63) is 71.2 Å². The summed E-state index contributed by atoms with van der Waals surface area (Å²) in [7, 11) is 0. The number of aliphatic carboxylic acids is 1. The fourth-order valence-electron chi connectivity index (χ4n) is 2.92. The maximum Gasteiger partial charge on any atom is 0.323 e. The van der Waals surface area contributed by atoms with E-state index in [9.17, 15) is 4.79 Å². The van der Waals surface area contributed by atoms with Gasteiger partial charge in [0, 0.05) is 35.2 Å². The number of benzene rings is 1. The standard InChI is InChI=1S/C20H17BrN6O2/c21-16-11-24-20(26-19(16)23-10-15-3-1-2-7-22-15)25-14-4-5-17-13(9-14)6-8-27(17)12-18(28)29/h1-9,11H,10,12H2,(H,28,29)(H2,23,24,25,26). The van der Waals surface area contributed by atoms with Gasteiger partial charge in [-0.15, -0.1) is 0 Å². The Morgan fingerprint density at radius 3 is 2.86 bits per heavy atom. The fraction of sp³-hybridized carbons (Fsp3) is 0.100. The Bertz CT molecular complexity index is 1160. The summed E-state index contributed by atoms with van der Waals surface area (Å²) in [6.07, 6.45) is 5.19. The Kier molecular flexibility index (Phi) is 5.39. The Labute approximate surface area is 174 Å². The number of rotatable bonds is 7. The number of fused-ring (bicyclic) bond motifs is 1. The summed E-state index contributed by atoms with van der Waals surface area (Å²) >= 11 is 3.46. The SMILES string of the molecule is O=C(O)Cn1ccc2cc(Nc3ncc(Br)c(NCc4ccccn4)n3)ccc21. The van der Waals surface area contributed by atoms with Gasteiger partial charge in [-0.05, 0) is 52.3 Å². The zero-order chi connectivity index (χ0) is 20.2. The first kappa shape index (κ1) is 18.9. The molecule has 0 radical (unpaired) electrons. The van der Waals surface area contributed by atoms with Crippen molar-refractivity contribution in [1.29, 1.82) is 0 Å². The van der Waals surface area contributed by atoms with Crippen LogP contribution in [0.5, 0.6) is 0 Å². The van der Waals surface area contributed by atoms with Crippen molar-refractivity contribution < 1.29 is 9.90 Å². The van der Waals surface area contributed by atoms with Gasteiger partial charge in [0.05, 0.1) is 16.7 Å². The van der Waals surface area contributed by atoms with Crippen LogP contribution in [0.3, 0.4) is 0 Å². The van der Waals surface area contributed by atoms with Crippen molar-refractivity contribution >= 4 is 50.3 Å². The summed E-state index contributed by atoms with van der Waals surface area (Å²) in [4.78, 5) is 24.1. The fourth-order valence-corrected chi connectivity index (χ4v) is 3.25. The number of carbonyl (C=O) groups is 1. The van der Waals surface area contributed by atoms with Crippen LogP contribution in [0.15, 0.2) is 65.5 Å². The third kappa shape index (κ3) is 4.52. The zero-order valence-electron chi connectivity index (χ0n) is 15.2. The van der Waals surface area contributed by atoms with E-state index >= 15 is 0 Å². The normalized spacial score (nSPS) is 10.8. The molecule has 0 bridgehead atoms. The molecule has 0 aliphatic heterocycles. The number of nitrogens with one attached hydrogen (secondary N) is 2. The van der Waals surface area contributed by atoms with Crippen LogP contribution in [0.2, 0.25) is 0 Å². The summed E-state index contributed by atoms with van der Waals surface area (Å²) < 4.78 is 2.44. The number of nitrogens with zero attached hydrogens (tertiary/aromatic N) is 4. The van der Waals surface area contributed by atoms with E-state index < -0.39 is 5.97 Å². The van der Waals surface area contributed by atoms with Gasteiger partial charge >= 0.3 is 5.97 Å². The molecular weight excluding hydrogens is 436 g/mol. The van der Waals surface area contributed by atoms with E-state index in [4.69, 9.17) is 5.11 Å². The number of carboxylic acids is 1. The number of pyridine rings is 1. The molecular formula is C20H17BrN6O2. The van der Waals surface area contributed by atoms with Gasteiger partial charge in [-0.2, -0.15) is 4.98 Å². The van der Waals surface area contributed by atoms with Crippen molar-refractivity contribution in [2.24, 2.45) is 0 Å². The Morgan fingerprint density at radius 1 is 1.17 bits per heavy atom.